The van der Waals surface area contributed by atoms with Gasteiger partial charge in [-0.25, -0.2) is 0 Å². The summed E-state index contributed by atoms with van der Waals surface area (Å²) in [5.41, 5.74) is 2.82. The highest BCUT2D eigenvalue weighted by atomic mass is 15.1. The Kier molecular flexibility index (Phi) is 4.93. The first-order chi connectivity index (χ1) is 8.34. The van der Waals surface area contributed by atoms with Gasteiger partial charge in [-0.15, -0.1) is 0 Å². The van der Waals surface area contributed by atoms with Crippen molar-refractivity contribution in [1.29, 1.82) is 5.26 Å². The van der Waals surface area contributed by atoms with Crippen LogP contribution in [0.2, 0.25) is 0 Å². The summed E-state index contributed by atoms with van der Waals surface area (Å²) in [7, 11) is 0. The minimum atomic E-state index is 0.197. The molecule has 0 radical (unpaired) electrons. The van der Waals surface area contributed by atoms with Crippen LogP contribution >= 0.6 is 0 Å². The Hall–Kier alpha value is -1.33. The lowest BCUT2D eigenvalue weighted by atomic mass is 9.87. The molecule has 0 spiro atoms. The van der Waals surface area contributed by atoms with Crippen molar-refractivity contribution in [3.8, 4) is 6.07 Å². The van der Waals surface area contributed by atoms with Gasteiger partial charge in [0.15, 0.2) is 0 Å². The van der Waals surface area contributed by atoms with Gasteiger partial charge in [0.25, 0.3) is 0 Å². The van der Waals surface area contributed by atoms with Crippen molar-refractivity contribution in [2.45, 2.75) is 52.6 Å². The zero-order valence-electron chi connectivity index (χ0n) is 12.2. The fourth-order valence-electron chi connectivity index (χ4n) is 1.86. The van der Waals surface area contributed by atoms with Gasteiger partial charge in [0.05, 0.1) is 12.6 Å². The van der Waals surface area contributed by atoms with Gasteiger partial charge in [0, 0.05) is 12.6 Å². The molecule has 0 aromatic heterocycles. The maximum atomic E-state index is 8.82. The number of hydrogen-bond acceptors (Lipinski definition) is 2. The molecule has 0 bridgehead atoms. The van der Waals surface area contributed by atoms with Crippen LogP contribution in [0, 0.1) is 11.3 Å². The average molecular weight is 244 g/mol. The lowest BCUT2D eigenvalue weighted by molar-refractivity contribution is 0.240. The van der Waals surface area contributed by atoms with Crippen LogP contribution in [0.4, 0.5) is 0 Å². The molecule has 0 aliphatic rings. The summed E-state index contributed by atoms with van der Waals surface area (Å²) in [4.78, 5) is 2.17. The predicted octanol–water partition coefficient (Wildman–Crippen LogP) is 3.72. The van der Waals surface area contributed by atoms with Gasteiger partial charge >= 0.3 is 0 Å². The Morgan fingerprint density at radius 2 is 1.72 bits per heavy atom. The molecule has 1 aromatic carbocycles. The summed E-state index contributed by atoms with van der Waals surface area (Å²) < 4.78 is 0. The van der Waals surface area contributed by atoms with Gasteiger partial charge in [-0.3, -0.25) is 4.90 Å². The Morgan fingerprint density at radius 3 is 2.11 bits per heavy atom. The molecular formula is C16H24N2. The van der Waals surface area contributed by atoms with Gasteiger partial charge in [0.1, 0.15) is 0 Å². The van der Waals surface area contributed by atoms with Crippen LogP contribution in [0.3, 0.4) is 0 Å². The van der Waals surface area contributed by atoms with Gasteiger partial charge in [-0.1, -0.05) is 45.0 Å². The Morgan fingerprint density at radius 1 is 1.17 bits per heavy atom. The summed E-state index contributed by atoms with van der Waals surface area (Å²) in [6.07, 6.45) is 0. The summed E-state index contributed by atoms with van der Waals surface area (Å²) in [6.45, 7) is 12.2. The van der Waals surface area contributed by atoms with Crippen molar-refractivity contribution in [3.63, 3.8) is 0 Å². The number of hydrogen-bond donors (Lipinski definition) is 0. The fourth-order valence-corrected chi connectivity index (χ4v) is 1.86. The predicted molar refractivity (Wildman–Crippen MR) is 76.3 cm³/mol. The molecule has 18 heavy (non-hydrogen) atoms. The topological polar surface area (TPSA) is 27.0 Å². The molecule has 0 fully saturated rings. The van der Waals surface area contributed by atoms with Crippen molar-refractivity contribution >= 4 is 0 Å². The van der Waals surface area contributed by atoms with Crippen LogP contribution < -0.4 is 0 Å². The molecule has 0 N–H and O–H groups in total. The molecule has 0 saturated carbocycles. The monoisotopic (exact) mass is 244 g/mol. The number of nitriles is 1. The first kappa shape index (κ1) is 14.7. The van der Waals surface area contributed by atoms with Crippen molar-refractivity contribution in [2.75, 3.05) is 6.54 Å². The molecule has 0 unspecified atom stereocenters. The summed E-state index contributed by atoms with van der Waals surface area (Å²) in [5, 5.41) is 8.82. The van der Waals surface area contributed by atoms with Crippen LogP contribution in [0.5, 0.6) is 0 Å². The summed E-state index contributed by atoms with van der Waals surface area (Å²) in [5.74, 6) is 0. The maximum absolute atomic E-state index is 8.82. The third kappa shape index (κ3) is 4.16. The van der Waals surface area contributed by atoms with E-state index in [9.17, 15) is 0 Å². The Bertz CT molecular complexity index is 404. The molecule has 0 aliphatic heterocycles. The van der Waals surface area contributed by atoms with Crippen LogP contribution in [0.1, 0.15) is 45.7 Å². The molecule has 2 nitrogen and oxygen atoms in total. The van der Waals surface area contributed by atoms with Gasteiger partial charge in [-0.05, 0) is 30.4 Å². The lowest BCUT2D eigenvalue weighted by Gasteiger charge is -2.24. The second-order valence-electron chi connectivity index (χ2n) is 6.10. The van der Waals surface area contributed by atoms with E-state index in [2.05, 4.69) is 69.9 Å². The van der Waals surface area contributed by atoms with Crippen molar-refractivity contribution in [3.05, 3.63) is 35.4 Å². The van der Waals surface area contributed by atoms with E-state index in [4.69, 9.17) is 5.26 Å². The van der Waals surface area contributed by atoms with Crippen LogP contribution in [-0.4, -0.2) is 17.5 Å². The highest BCUT2D eigenvalue weighted by Crippen LogP contribution is 2.22. The highest BCUT2D eigenvalue weighted by Gasteiger charge is 2.14. The molecule has 2 heteroatoms. The minimum Gasteiger partial charge on any atom is -0.284 e. The van der Waals surface area contributed by atoms with Crippen LogP contribution in [0.25, 0.3) is 0 Å². The zero-order chi connectivity index (χ0) is 13.8. The standard InChI is InChI=1S/C16H24N2/c1-13(2)18(11-10-17)12-14-6-8-15(9-7-14)16(3,4)5/h6-9,13H,11-12H2,1-5H3. The third-order valence-corrected chi connectivity index (χ3v) is 3.21. The highest BCUT2D eigenvalue weighted by molar-refractivity contribution is 5.27. The number of nitrogens with zero attached hydrogens (tertiary/aromatic N) is 2. The fraction of sp³-hybridized carbons (Fsp3) is 0.562. The zero-order valence-corrected chi connectivity index (χ0v) is 12.2. The van der Waals surface area contributed by atoms with Crippen molar-refractivity contribution < 1.29 is 0 Å². The largest absolute Gasteiger partial charge is 0.284 e. The molecule has 0 saturated heterocycles. The smallest absolute Gasteiger partial charge is 0.0871 e. The van der Waals surface area contributed by atoms with E-state index < -0.39 is 0 Å². The second kappa shape index (κ2) is 6.02. The van der Waals surface area contributed by atoms with E-state index in [1.165, 1.54) is 11.1 Å². The average Bonchev–Trinajstić information content (AvgIpc) is 2.28. The first-order valence-electron chi connectivity index (χ1n) is 6.55. The van der Waals surface area contributed by atoms with Crippen molar-refractivity contribution in [2.24, 2.45) is 0 Å². The normalized spacial score (nSPS) is 11.9. The quantitative estimate of drug-likeness (QED) is 0.755. The Balaban J connectivity index is 2.77. The Labute approximate surface area is 111 Å². The number of rotatable bonds is 4. The van der Waals surface area contributed by atoms with Crippen molar-refractivity contribution in [1.82, 2.24) is 4.90 Å². The molecule has 0 amide bonds. The molecule has 98 valence electrons. The summed E-state index contributed by atoms with van der Waals surface area (Å²) in [6, 6.07) is 11.4. The summed E-state index contributed by atoms with van der Waals surface area (Å²) >= 11 is 0. The van der Waals surface area contributed by atoms with E-state index in [1.807, 2.05) is 0 Å². The van der Waals surface area contributed by atoms with E-state index in [1.54, 1.807) is 0 Å². The van der Waals surface area contributed by atoms with E-state index in [-0.39, 0.29) is 5.41 Å². The van der Waals surface area contributed by atoms with Gasteiger partial charge in [-0.2, -0.15) is 5.26 Å². The SMILES string of the molecule is CC(C)N(CC#N)Cc1ccc(C(C)(C)C)cc1. The molecule has 1 aromatic rings. The van der Waals surface area contributed by atoms with E-state index in [0.29, 0.717) is 12.6 Å². The maximum Gasteiger partial charge on any atom is 0.0871 e. The molecule has 0 heterocycles. The molecule has 0 aliphatic carbocycles. The second-order valence-corrected chi connectivity index (χ2v) is 6.10. The van der Waals surface area contributed by atoms with Gasteiger partial charge in [0.2, 0.25) is 0 Å². The van der Waals surface area contributed by atoms with E-state index >= 15 is 0 Å². The minimum absolute atomic E-state index is 0.197. The molecular weight excluding hydrogens is 220 g/mol. The number of benzene rings is 1. The first-order valence-corrected chi connectivity index (χ1v) is 6.55. The lowest BCUT2D eigenvalue weighted by Crippen LogP contribution is -2.30. The molecule has 1 rings (SSSR count). The van der Waals surface area contributed by atoms with Gasteiger partial charge < -0.3 is 0 Å². The van der Waals surface area contributed by atoms with Crippen LogP contribution in [0.15, 0.2) is 24.3 Å². The van der Waals surface area contributed by atoms with Crippen LogP contribution in [-0.2, 0) is 12.0 Å². The van der Waals surface area contributed by atoms with E-state index in [0.717, 1.165) is 6.54 Å². The molecule has 0 atom stereocenters. The third-order valence-electron chi connectivity index (χ3n) is 3.21.